The van der Waals surface area contributed by atoms with Crippen molar-refractivity contribution in [3.05, 3.63) is 53.4 Å². The Bertz CT molecular complexity index is 716. The van der Waals surface area contributed by atoms with Crippen LogP contribution >= 0.6 is 0 Å². The van der Waals surface area contributed by atoms with Crippen molar-refractivity contribution in [2.45, 2.75) is 33.2 Å². The molecule has 0 fully saturated rings. The second-order valence-electron chi connectivity index (χ2n) is 5.68. The third kappa shape index (κ3) is 3.73. The number of nitrogens with zero attached hydrogens (tertiary/aromatic N) is 3. The van der Waals surface area contributed by atoms with Gasteiger partial charge in [0.15, 0.2) is 0 Å². The standard InChI is InChI=1S/C17H21FN4O2/c1-2-24-11-15-16-10-21(6-7-22(16)12-20-15)17(23)19-9-13-4-3-5-14(18)8-13/h3-5,8,12H,2,6-7,9-11H2,1H3,(H,19,23). The van der Waals surface area contributed by atoms with Crippen LogP contribution in [0.25, 0.3) is 0 Å². The van der Waals surface area contributed by atoms with Crippen LogP contribution in [0.3, 0.4) is 0 Å². The van der Waals surface area contributed by atoms with E-state index in [1.165, 1.54) is 12.1 Å². The highest BCUT2D eigenvalue weighted by Crippen LogP contribution is 2.17. The van der Waals surface area contributed by atoms with Gasteiger partial charge in [-0.25, -0.2) is 14.2 Å². The van der Waals surface area contributed by atoms with Crippen LogP contribution in [-0.2, 0) is 31.0 Å². The SMILES string of the molecule is CCOCc1ncn2c1CN(C(=O)NCc1cccc(F)c1)CC2. The lowest BCUT2D eigenvalue weighted by Gasteiger charge is -2.29. The van der Waals surface area contributed by atoms with E-state index in [2.05, 4.69) is 14.9 Å². The molecule has 0 saturated carbocycles. The first-order chi connectivity index (χ1) is 11.7. The summed E-state index contributed by atoms with van der Waals surface area (Å²) in [5, 5.41) is 2.84. The topological polar surface area (TPSA) is 59.4 Å². The van der Waals surface area contributed by atoms with Gasteiger partial charge in [-0.15, -0.1) is 0 Å². The molecule has 6 nitrogen and oxygen atoms in total. The smallest absolute Gasteiger partial charge is 0.318 e. The van der Waals surface area contributed by atoms with Crippen molar-refractivity contribution in [1.29, 1.82) is 0 Å². The number of aromatic nitrogens is 2. The van der Waals surface area contributed by atoms with Crippen molar-refractivity contribution in [1.82, 2.24) is 19.8 Å². The summed E-state index contributed by atoms with van der Waals surface area (Å²) in [6, 6.07) is 6.07. The van der Waals surface area contributed by atoms with Crippen LogP contribution in [0.4, 0.5) is 9.18 Å². The number of rotatable bonds is 5. The minimum atomic E-state index is -0.302. The van der Waals surface area contributed by atoms with E-state index < -0.39 is 0 Å². The molecule has 2 aromatic rings. The second kappa shape index (κ2) is 7.44. The number of ether oxygens (including phenoxy) is 1. The van der Waals surface area contributed by atoms with Gasteiger partial charge in [-0.05, 0) is 24.6 Å². The summed E-state index contributed by atoms with van der Waals surface area (Å²) < 4.78 is 20.7. The fourth-order valence-electron chi connectivity index (χ4n) is 2.74. The predicted octanol–water partition coefficient (Wildman–Crippen LogP) is 2.28. The lowest BCUT2D eigenvalue weighted by Crippen LogP contribution is -2.44. The molecule has 3 rings (SSSR count). The Morgan fingerprint density at radius 1 is 1.42 bits per heavy atom. The number of urea groups is 1. The number of imidazole rings is 1. The molecule has 0 bridgehead atoms. The normalized spacial score (nSPS) is 13.7. The number of amides is 2. The van der Waals surface area contributed by atoms with Crippen LogP contribution in [-0.4, -0.2) is 33.6 Å². The molecule has 24 heavy (non-hydrogen) atoms. The molecule has 0 aliphatic carbocycles. The monoisotopic (exact) mass is 332 g/mol. The van der Waals surface area contributed by atoms with E-state index in [4.69, 9.17) is 4.74 Å². The van der Waals surface area contributed by atoms with Crippen molar-refractivity contribution in [2.24, 2.45) is 0 Å². The molecular formula is C17H21FN4O2. The van der Waals surface area contributed by atoms with Gasteiger partial charge >= 0.3 is 6.03 Å². The number of carbonyl (C=O) groups excluding carboxylic acids is 1. The maximum atomic E-state index is 13.2. The number of benzene rings is 1. The first-order valence-electron chi connectivity index (χ1n) is 8.05. The lowest BCUT2D eigenvalue weighted by molar-refractivity contribution is 0.129. The Balaban J connectivity index is 1.60. The van der Waals surface area contributed by atoms with Gasteiger partial charge in [0.05, 0.1) is 30.9 Å². The number of carbonyl (C=O) groups is 1. The molecule has 1 N–H and O–H groups in total. The Morgan fingerprint density at radius 3 is 3.08 bits per heavy atom. The first kappa shape index (κ1) is 16.4. The molecule has 0 radical (unpaired) electrons. The average molecular weight is 332 g/mol. The fourth-order valence-corrected chi connectivity index (χ4v) is 2.74. The zero-order valence-electron chi connectivity index (χ0n) is 13.7. The zero-order chi connectivity index (χ0) is 16.9. The Labute approximate surface area is 140 Å². The third-order valence-corrected chi connectivity index (χ3v) is 4.05. The van der Waals surface area contributed by atoms with E-state index in [-0.39, 0.29) is 11.8 Å². The van der Waals surface area contributed by atoms with E-state index in [0.717, 1.165) is 17.0 Å². The molecule has 1 aliphatic rings. The fraction of sp³-hybridized carbons (Fsp3) is 0.412. The minimum Gasteiger partial charge on any atom is -0.375 e. The van der Waals surface area contributed by atoms with E-state index >= 15 is 0 Å². The summed E-state index contributed by atoms with van der Waals surface area (Å²) in [6.07, 6.45) is 1.80. The number of fused-ring (bicyclic) bond motifs is 1. The molecule has 2 amide bonds. The van der Waals surface area contributed by atoms with Crippen LogP contribution in [0.5, 0.6) is 0 Å². The third-order valence-electron chi connectivity index (χ3n) is 4.05. The summed E-state index contributed by atoms with van der Waals surface area (Å²) >= 11 is 0. The largest absolute Gasteiger partial charge is 0.375 e. The van der Waals surface area contributed by atoms with E-state index in [0.29, 0.717) is 39.4 Å². The van der Waals surface area contributed by atoms with Crippen molar-refractivity contribution < 1.29 is 13.9 Å². The van der Waals surface area contributed by atoms with Crippen LogP contribution in [0.1, 0.15) is 23.9 Å². The zero-order valence-corrected chi connectivity index (χ0v) is 13.7. The minimum absolute atomic E-state index is 0.158. The van der Waals surface area contributed by atoms with Gasteiger partial charge in [-0.3, -0.25) is 0 Å². The highest BCUT2D eigenvalue weighted by atomic mass is 19.1. The molecule has 0 spiro atoms. The molecule has 128 valence electrons. The number of nitrogens with one attached hydrogen (secondary N) is 1. The average Bonchev–Trinajstić information content (AvgIpc) is 3.00. The quantitative estimate of drug-likeness (QED) is 0.914. The number of hydrogen-bond acceptors (Lipinski definition) is 3. The van der Waals surface area contributed by atoms with E-state index in [1.807, 2.05) is 6.92 Å². The molecule has 1 aliphatic heterocycles. The molecule has 0 unspecified atom stereocenters. The second-order valence-corrected chi connectivity index (χ2v) is 5.68. The van der Waals surface area contributed by atoms with Crippen molar-refractivity contribution >= 4 is 6.03 Å². The number of halogens is 1. The van der Waals surface area contributed by atoms with Crippen LogP contribution in [0, 0.1) is 5.82 Å². The van der Waals surface area contributed by atoms with Crippen LogP contribution in [0.2, 0.25) is 0 Å². The Hall–Kier alpha value is -2.41. The summed E-state index contributed by atoms with van der Waals surface area (Å²) in [7, 11) is 0. The lowest BCUT2D eigenvalue weighted by atomic mass is 10.2. The molecule has 1 aromatic carbocycles. The predicted molar refractivity (Wildman–Crippen MR) is 86.6 cm³/mol. The molecule has 1 aromatic heterocycles. The van der Waals surface area contributed by atoms with Gasteiger partial charge in [0.2, 0.25) is 0 Å². The Kier molecular flexibility index (Phi) is 5.10. The molecule has 7 heteroatoms. The van der Waals surface area contributed by atoms with E-state index in [1.54, 1.807) is 23.4 Å². The summed E-state index contributed by atoms with van der Waals surface area (Å²) in [4.78, 5) is 18.5. The summed E-state index contributed by atoms with van der Waals surface area (Å²) in [6.45, 7) is 5.15. The van der Waals surface area contributed by atoms with Crippen LogP contribution < -0.4 is 5.32 Å². The van der Waals surface area contributed by atoms with E-state index in [9.17, 15) is 9.18 Å². The first-order valence-corrected chi connectivity index (χ1v) is 8.05. The Morgan fingerprint density at radius 2 is 2.29 bits per heavy atom. The highest BCUT2D eigenvalue weighted by molar-refractivity contribution is 5.74. The van der Waals surface area contributed by atoms with Gasteiger partial charge in [0.25, 0.3) is 0 Å². The maximum absolute atomic E-state index is 13.2. The van der Waals surface area contributed by atoms with Gasteiger partial charge in [-0.1, -0.05) is 12.1 Å². The summed E-state index contributed by atoms with van der Waals surface area (Å²) in [5.41, 5.74) is 2.62. The van der Waals surface area contributed by atoms with Gasteiger partial charge in [-0.2, -0.15) is 0 Å². The van der Waals surface area contributed by atoms with Crippen LogP contribution in [0.15, 0.2) is 30.6 Å². The molecule has 2 heterocycles. The molecule has 0 saturated heterocycles. The molecular weight excluding hydrogens is 311 g/mol. The number of hydrogen-bond donors (Lipinski definition) is 1. The van der Waals surface area contributed by atoms with Crippen molar-refractivity contribution in [2.75, 3.05) is 13.2 Å². The van der Waals surface area contributed by atoms with Gasteiger partial charge in [0.1, 0.15) is 5.82 Å². The highest BCUT2D eigenvalue weighted by Gasteiger charge is 2.23. The summed E-state index contributed by atoms with van der Waals surface area (Å²) in [5.74, 6) is -0.302. The van der Waals surface area contributed by atoms with Gasteiger partial charge < -0.3 is 19.5 Å². The van der Waals surface area contributed by atoms with Crippen molar-refractivity contribution in [3.8, 4) is 0 Å². The van der Waals surface area contributed by atoms with Gasteiger partial charge in [0, 0.05) is 26.2 Å². The van der Waals surface area contributed by atoms with Crippen molar-refractivity contribution in [3.63, 3.8) is 0 Å². The maximum Gasteiger partial charge on any atom is 0.318 e. The molecule has 0 atom stereocenters.